The molecule has 0 spiro atoms. The fraction of sp³-hybridized carbons (Fsp3) is 0.0732. The molecule has 8 aromatic rings. The molecule has 0 saturated carbocycles. The maximum atomic E-state index is 10.4. The van der Waals surface area contributed by atoms with Gasteiger partial charge < -0.3 is 4.57 Å². The zero-order chi connectivity index (χ0) is 30.4. The van der Waals surface area contributed by atoms with Gasteiger partial charge in [-0.25, -0.2) is 0 Å². The smallest absolute Gasteiger partial charge is 0.101 e. The van der Waals surface area contributed by atoms with Crippen LogP contribution in [0.3, 0.4) is 0 Å². The lowest BCUT2D eigenvalue weighted by Crippen LogP contribution is -2.14. The number of nitriles is 2. The number of hydrogen-bond donors (Lipinski definition) is 0. The highest BCUT2D eigenvalue weighted by Gasteiger charge is 2.36. The highest BCUT2D eigenvalue weighted by Crippen LogP contribution is 2.54. The van der Waals surface area contributed by atoms with Gasteiger partial charge in [-0.15, -0.1) is 11.3 Å². The third-order valence-electron chi connectivity index (χ3n) is 9.68. The summed E-state index contributed by atoms with van der Waals surface area (Å²) in [7, 11) is 0. The SMILES string of the molecule is CC1(C)c2ccccc2-c2c1ccc1c2sc2ccc(-c3cccc(C#N)c3-n3c4ccccc4c4cc(C#N)ccc43)cc21. The molecule has 0 saturated heterocycles. The summed E-state index contributed by atoms with van der Waals surface area (Å²) in [6, 6.07) is 45.0. The first kappa shape index (κ1) is 25.8. The van der Waals surface area contributed by atoms with Crippen LogP contribution in [-0.2, 0) is 5.41 Å². The van der Waals surface area contributed by atoms with Crippen LogP contribution in [0.4, 0.5) is 0 Å². The largest absolute Gasteiger partial charge is 0.307 e. The average molecular weight is 592 g/mol. The van der Waals surface area contributed by atoms with Gasteiger partial charge in [0.25, 0.3) is 0 Å². The minimum absolute atomic E-state index is 0.0373. The van der Waals surface area contributed by atoms with E-state index in [-0.39, 0.29) is 5.41 Å². The number of benzene rings is 6. The van der Waals surface area contributed by atoms with Crippen LogP contribution in [0.2, 0.25) is 0 Å². The van der Waals surface area contributed by atoms with Gasteiger partial charge in [-0.3, -0.25) is 0 Å². The molecule has 0 radical (unpaired) electrons. The summed E-state index contributed by atoms with van der Waals surface area (Å²) >= 11 is 1.87. The predicted octanol–water partition coefficient (Wildman–Crippen LogP) is 10.9. The molecule has 1 aliphatic carbocycles. The van der Waals surface area contributed by atoms with Crippen molar-refractivity contribution in [3.63, 3.8) is 0 Å². The Labute approximate surface area is 264 Å². The Bertz CT molecular complexity index is 2650. The van der Waals surface area contributed by atoms with Crippen LogP contribution in [0, 0.1) is 22.7 Å². The normalized spacial score (nSPS) is 13.2. The maximum absolute atomic E-state index is 10.4. The van der Waals surface area contributed by atoms with E-state index < -0.39 is 0 Å². The second-order valence-corrected chi connectivity index (χ2v) is 13.4. The molecular weight excluding hydrogens is 567 g/mol. The fourth-order valence-electron chi connectivity index (χ4n) is 7.58. The number of aromatic nitrogens is 1. The number of fused-ring (bicyclic) bond motifs is 10. The van der Waals surface area contributed by atoms with Crippen LogP contribution in [-0.4, -0.2) is 4.57 Å². The third kappa shape index (κ3) is 3.43. The molecule has 9 rings (SSSR count). The maximum Gasteiger partial charge on any atom is 0.101 e. The van der Waals surface area contributed by atoms with Gasteiger partial charge in [0, 0.05) is 47.5 Å². The molecule has 0 unspecified atom stereocenters. The summed E-state index contributed by atoms with van der Waals surface area (Å²) in [6.45, 7) is 4.66. The zero-order valence-corrected chi connectivity index (χ0v) is 25.5. The van der Waals surface area contributed by atoms with Crippen molar-refractivity contribution in [2.75, 3.05) is 0 Å². The van der Waals surface area contributed by atoms with Crippen LogP contribution >= 0.6 is 11.3 Å². The van der Waals surface area contributed by atoms with Crippen molar-refractivity contribution < 1.29 is 0 Å². The minimum atomic E-state index is -0.0373. The van der Waals surface area contributed by atoms with Crippen molar-refractivity contribution in [3.8, 4) is 40.1 Å². The van der Waals surface area contributed by atoms with Crippen LogP contribution in [0.15, 0.2) is 115 Å². The zero-order valence-electron chi connectivity index (χ0n) is 24.7. The van der Waals surface area contributed by atoms with Gasteiger partial charge in [-0.2, -0.15) is 10.5 Å². The molecule has 0 aliphatic heterocycles. The van der Waals surface area contributed by atoms with Gasteiger partial charge in [0.15, 0.2) is 0 Å². The fourth-order valence-corrected chi connectivity index (χ4v) is 8.82. The Hall–Kier alpha value is -5.68. The van der Waals surface area contributed by atoms with Crippen LogP contribution in [0.5, 0.6) is 0 Å². The van der Waals surface area contributed by atoms with Gasteiger partial charge in [0.2, 0.25) is 0 Å². The van der Waals surface area contributed by atoms with Crippen molar-refractivity contribution in [2.24, 2.45) is 0 Å². The van der Waals surface area contributed by atoms with E-state index in [0.717, 1.165) is 38.6 Å². The Kier molecular flexibility index (Phi) is 5.25. The molecule has 0 N–H and O–H groups in total. The molecule has 2 aromatic heterocycles. The molecule has 0 fully saturated rings. The van der Waals surface area contributed by atoms with Crippen molar-refractivity contribution in [1.82, 2.24) is 4.57 Å². The van der Waals surface area contributed by atoms with E-state index in [4.69, 9.17) is 0 Å². The Morgan fingerprint density at radius 2 is 1.42 bits per heavy atom. The van der Waals surface area contributed by atoms with Crippen LogP contribution in [0.1, 0.15) is 36.1 Å². The minimum Gasteiger partial charge on any atom is -0.307 e. The summed E-state index contributed by atoms with van der Waals surface area (Å²) in [6.07, 6.45) is 0. The summed E-state index contributed by atoms with van der Waals surface area (Å²) in [5.74, 6) is 0. The molecule has 0 bridgehead atoms. The van der Waals surface area contributed by atoms with Crippen molar-refractivity contribution in [1.29, 1.82) is 10.5 Å². The number of para-hydroxylation sites is 2. The Morgan fingerprint density at radius 3 is 2.29 bits per heavy atom. The van der Waals surface area contributed by atoms with Gasteiger partial charge in [0.1, 0.15) is 6.07 Å². The number of nitrogens with zero attached hydrogens (tertiary/aromatic N) is 3. The topological polar surface area (TPSA) is 52.5 Å². The molecule has 210 valence electrons. The second kappa shape index (κ2) is 9.16. The Balaban J connectivity index is 1.32. The van der Waals surface area contributed by atoms with Gasteiger partial charge in [-0.05, 0) is 64.7 Å². The predicted molar refractivity (Wildman–Crippen MR) is 186 cm³/mol. The first-order valence-corrected chi connectivity index (χ1v) is 15.9. The molecule has 1 aliphatic rings. The van der Waals surface area contributed by atoms with E-state index in [0.29, 0.717) is 11.1 Å². The van der Waals surface area contributed by atoms with E-state index in [1.54, 1.807) is 0 Å². The molecular formula is C41H25N3S. The monoisotopic (exact) mass is 591 g/mol. The van der Waals surface area contributed by atoms with Gasteiger partial charge >= 0.3 is 0 Å². The molecule has 3 nitrogen and oxygen atoms in total. The van der Waals surface area contributed by atoms with Crippen molar-refractivity contribution in [2.45, 2.75) is 19.3 Å². The molecule has 0 amide bonds. The number of rotatable bonds is 2. The summed E-state index contributed by atoms with van der Waals surface area (Å²) in [4.78, 5) is 0. The lowest BCUT2D eigenvalue weighted by Gasteiger charge is -2.21. The molecule has 45 heavy (non-hydrogen) atoms. The van der Waals surface area contributed by atoms with Crippen molar-refractivity contribution >= 4 is 53.3 Å². The van der Waals surface area contributed by atoms with E-state index in [2.05, 4.69) is 103 Å². The Morgan fingerprint density at radius 1 is 0.622 bits per heavy atom. The van der Waals surface area contributed by atoms with Gasteiger partial charge in [-0.1, -0.05) is 86.6 Å². The number of thiophene rings is 1. The number of hydrogen-bond acceptors (Lipinski definition) is 3. The van der Waals surface area contributed by atoms with Crippen molar-refractivity contribution in [3.05, 3.63) is 138 Å². The first-order valence-electron chi connectivity index (χ1n) is 15.1. The van der Waals surface area contributed by atoms with E-state index in [9.17, 15) is 10.5 Å². The van der Waals surface area contributed by atoms with Crippen LogP contribution in [0.25, 0.3) is 69.9 Å². The third-order valence-corrected chi connectivity index (χ3v) is 10.9. The van der Waals surface area contributed by atoms with E-state index in [1.807, 2.05) is 53.8 Å². The molecule has 4 heteroatoms. The molecule has 6 aromatic carbocycles. The van der Waals surface area contributed by atoms with Gasteiger partial charge in [0.05, 0.1) is 33.9 Å². The molecule has 0 atom stereocenters. The first-order chi connectivity index (χ1) is 22.0. The second-order valence-electron chi connectivity index (χ2n) is 12.4. The highest BCUT2D eigenvalue weighted by atomic mass is 32.1. The summed E-state index contributed by atoms with van der Waals surface area (Å²) in [5, 5.41) is 24.6. The quantitative estimate of drug-likeness (QED) is 0.201. The lowest BCUT2D eigenvalue weighted by molar-refractivity contribution is 0.661. The molecule has 2 heterocycles. The summed E-state index contributed by atoms with van der Waals surface area (Å²) < 4.78 is 4.78. The lowest BCUT2D eigenvalue weighted by atomic mass is 9.82. The van der Waals surface area contributed by atoms with E-state index >= 15 is 0 Å². The average Bonchev–Trinajstić information content (AvgIpc) is 3.69. The highest BCUT2D eigenvalue weighted by molar-refractivity contribution is 7.26. The summed E-state index contributed by atoms with van der Waals surface area (Å²) in [5.41, 5.74) is 11.5. The van der Waals surface area contributed by atoms with Crippen LogP contribution < -0.4 is 0 Å². The van der Waals surface area contributed by atoms with E-state index in [1.165, 1.54) is 42.4 Å². The standard InChI is InChI=1S/C41H25N3S/c1-41(2)33-12-5-3-10-30(33)38-34(41)17-16-29-32-21-25(15-19-37(32)45-40(29)38)27-11-7-8-26(23-43)39(27)44-35-13-6-4-9-28(35)31-20-24(22-42)14-18-36(31)44/h3-21H,1-2H3.